The van der Waals surface area contributed by atoms with Gasteiger partial charge in [0.1, 0.15) is 5.60 Å². The number of carbonyl (C=O) groups is 2. The lowest BCUT2D eigenvalue weighted by atomic mass is 10.1. The van der Waals surface area contributed by atoms with Crippen LogP contribution in [-0.4, -0.2) is 51.1 Å². The van der Waals surface area contributed by atoms with Crippen LogP contribution in [0.5, 0.6) is 0 Å². The van der Waals surface area contributed by atoms with Crippen LogP contribution in [0.1, 0.15) is 50.4 Å². The Balaban J connectivity index is 1.43. The van der Waals surface area contributed by atoms with Crippen molar-refractivity contribution in [3.05, 3.63) is 58.7 Å². The topological polar surface area (TPSA) is 110 Å². The van der Waals surface area contributed by atoms with E-state index >= 15 is 0 Å². The molecule has 1 aliphatic carbocycles. The number of ether oxygens (including phenoxy) is 1. The number of alkyl carbamates (subject to hydrolysis) is 1. The Labute approximate surface area is 234 Å². The molecule has 1 saturated carbocycles. The molecule has 1 aliphatic rings. The van der Waals surface area contributed by atoms with E-state index in [2.05, 4.69) is 25.9 Å². The Morgan fingerprint density at radius 1 is 1.12 bits per heavy atom. The van der Waals surface area contributed by atoms with Crippen molar-refractivity contribution in [2.75, 3.05) is 18.4 Å². The summed E-state index contributed by atoms with van der Waals surface area (Å²) in [6.07, 6.45) is 3.53. The molecule has 9 nitrogen and oxygen atoms in total. The lowest BCUT2D eigenvalue weighted by molar-refractivity contribution is 0.0527. The molecular formula is C28H29ClF2N6O3. The molecule has 2 aromatic heterocycles. The second-order valence-electron chi connectivity index (χ2n) is 10.7. The summed E-state index contributed by atoms with van der Waals surface area (Å²) in [6.45, 7) is 6.11. The number of fused-ring (bicyclic) bond motifs is 3. The van der Waals surface area contributed by atoms with E-state index in [1.54, 1.807) is 49.6 Å². The minimum absolute atomic E-state index is 0.190. The van der Waals surface area contributed by atoms with Gasteiger partial charge in [0, 0.05) is 36.8 Å². The van der Waals surface area contributed by atoms with E-state index < -0.39 is 23.3 Å². The van der Waals surface area contributed by atoms with Crippen LogP contribution in [0.15, 0.2) is 36.5 Å². The van der Waals surface area contributed by atoms with E-state index in [4.69, 9.17) is 16.3 Å². The zero-order valence-electron chi connectivity index (χ0n) is 22.3. The Bertz CT molecular complexity index is 1610. The average Bonchev–Trinajstić information content (AvgIpc) is 3.57. The molecule has 0 radical (unpaired) electrons. The van der Waals surface area contributed by atoms with Gasteiger partial charge in [0.05, 0.1) is 33.5 Å². The molecule has 12 heteroatoms. The molecule has 210 valence electrons. The van der Waals surface area contributed by atoms with E-state index in [1.165, 1.54) is 0 Å². The molecule has 2 heterocycles. The number of hydrogen-bond donors (Lipinski definition) is 3. The maximum atomic E-state index is 14.3. The standard InChI is InChI=1S/C28H29ClF2N6O3/c1-28(2,3)40-27(39)33-10-4-9-32-24-25-34-14-23(37(25)22-13-20(31)19(30)12-21(22)36-24)15-5-8-17(18(29)11-15)26(38)35-16-6-7-16/h5,8,11-14,16H,4,6-7,9-10H2,1-3H3,(H,32,36)(H,33,39)(H,35,38). The summed E-state index contributed by atoms with van der Waals surface area (Å²) in [5.74, 6) is -1.93. The number of halogens is 3. The van der Waals surface area contributed by atoms with Crippen LogP contribution in [0.25, 0.3) is 27.9 Å². The molecule has 1 fully saturated rings. The van der Waals surface area contributed by atoms with Crippen molar-refractivity contribution in [1.29, 1.82) is 0 Å². The first kappa shape index (κ1) is 27.6. The molecule has 0 spiro atoms. The first-order valence-corrected chi connectivity index (χ1v) is 13.4. The summed E-state index contributed by atoms with van der Waals surface area (Å²) >= 11 is 6.48. The Morgan fingerprint density at radius 3 is 2.58 bits per heavy atom. The van der Waals surface area contributed by atoms with Crippen molar-refractivity contribution in [2.24, 2.45) is 0 Å². The van der Waals surface area contributed by atoms with E-state index in [0.717, 1.165) is 25.0 Å². The van der Waals surface area contributed by atoms with Crippen LogP contribution >= 0.6 is 11.6 Å². The van der Waals surface area contributed by atoms with Crippen LogP contribution in [-0.2, 0) is 4.74 Å². The van der Waals surface area contributed by atoms with E-state index in [0.29, 0.717) is 53.3 Å². The summed E-state index contributed by atoms with van der Waals surface area (Å²) < 4.78 is 35.4. The van der Waals surface area contributed by atoms with Crippen molar-refractivity contribution in [3.63, 3.8) is 0 Å². The van der Waals surface area contributed by atoms with Crippen LogP contribution in [0.2, 0.25) is 5.02 Å². The molecule has 0 unspecified atom stereocenters. The van der Waals surface area contributed by atoms with Crippen molar-refractivity contribution in [2.45, 2.75) is 51.7 Å². The number of benzene rings is 2. The van der Waals surface area contributed by atoms with Gasteiger partial charge in [-0.3, -0.25) is 9.20 Å². The maximum absolute atomic E-state index is 14.3. The number of hydrogen-bond acceptors (Lipinski definition) is 6. The van der Waals surface area contributed by atoms with Crippen LogP contribution in [0, 0.1) is 11.6 Å². The average molecular weight is 571 g/mol. The first-order chi connectivity index (χ1) is 19.0. The monoisotopic (exact) mass is 570 g/mol. The van der Waals surface area contributed by atoms with Gasteiger partial charge in [0.25, 0.3) is 5.91 Å². The van der Waals surface area contributed by atoms with Crippen molar-refractivity contribution in [1.82, 2.24) is 25.0 Å². The summed E-state index contributed by atoms with van der Waals surface area (Å²) in [7, 11) is 0. The summed E-state index contributed by atoms with van der Waals surface area (Å²) in [5, 5.41) is 9.05. The fourth-order valence-electron chi connectivity index (χ4n) is 4.20. The van der Waals surface area contributed by atoms with E-state index in [-0.39, 0.29) is 22.5 Å². The number of carbonyl (C=O) groups excluding carboxylic acids is 2. The molecule has 0 aliphatic heterocycles. The van der Waals surface area contributed by atoms with Crippen molar-refractivity contribution < 1.29 is 23.1 Å². The lowest BCUT2D eigenvalue weighted by Gasteiger charge is -2.19. The lowest BCUT2D eigenvalue weighted by Crippen LogP contribution is -2.33. The highest BCUT2D eigenvalue weighted by atomic mass is 35.5. The van der Waals surface area contributed by atoms with Crippen LogP contribution in [0.4, 0.5) is 19.4 Å². The molecule has 3 N–H and O–H groups in total. The second-order valence-corrected chi connectivity index (χ2v) is 11.1. The molecule has 5 rings (SSSR count). The molecule has 2 amide bonds. The Morgan fingerprint density at radius 2 is 1.88 bits per heavy atom. The quantitative estimate of drug-likeness (QED) is 0.234. The SMILES string of the molecule is CC(C)(C)OC(=O)NCCCNc1nc2cc(F)c(F)cc2n2c(-c3ccc(C(=O)NC4CC4)c(Cl)c3)cnc12. The first-order valence-electron chi connectivity index (χ1n) is 13.0. The van der Waals surface area contributed by atoms with Gasteiger partial charge < -0.3 is 20.7 Å². The minimum atomic E-state index is -1.03. The summed E-state index contributed by atoms with van der Waals surface area (Å²) in [5.41, 5.74) is 1.86. The van der Waals surface area contributed by atoms with E-state index in [9.17, 15) is 18.4 Å². The van der Waals surface area contributed by atoms with Gasteiger partial charge in [-0.05, 0) is 52.2 Å². The predicted molar refractivity (Wildman–Crippen MR) is 149 cm³/mol. The third-order valence-corrected chi connectivity index (χ3v) is 6.51. The molecule has 0 atom stereocenters. The fraction of sp³-hybridized carbons (Fsp3) is 0.357. The molecule has 4 aromatic rings. The van der Waals surface area contributed by atoms with Crippen LogP contribution < -0.4 is 16.0 Å². The third-order valence-electron chi connectivity index (χ3n) is 6.20. The largest absolute Gasteiger partial charge is 0.444 e. The summed E-state index contributed by atoms with van der Waals surface area (Å²) in [4.78, 5) is 33.4. The number of nitrogens with zero attached hydrogens (tertiary/aromatic N) is 3. The van der Waals surface area contributed by atoms with E-state index in [1.807, 2.05) is 0 Å². The van der Waals surface area contributed by atoms with Gasteiger partial charge in [0.2, 0.25) is 0 Å². The van der Waals surface area contributed by atoms with Gasteiger partial charge in [0.15, 0.2) is 23.1 Å². The molecule has 2 aromatic carbocycles. The van der Waals surface area contributed by atoms with Crippen LogP contribution in [0.3, 0.4) is 0 Å². The number of anilines is 1. The highest BCUT2D eigenvalue weighted by molar-refractivity contribution is 6.34. The Hall–Kier alpha value is -3.99. The zero-order chi connectivity index (χ0) is 28.6. The molecule has 40 heavy (non-hydrogen) atoms. The predicted octanol–water partition coefficient (Wildman–Crippen LogP) is 5.70. The normalized spacial score (nSPS) is 13.4. The molecular weight excluding hydrogens is 542 g/mol. The number of imidazole rings is 1. The smallest absolute Gasteiger partial charge is 0.407 e. The fourth-order valence-corrected chi connectivity index (χ4v) is 4.47. The molecule has 0 bridgehead atoms. The van der Waals surface area contributed by atoms with Crippen molar-refractivity contribution >= 4 is 46.1 Å². The van der Waals surface area contributed by atoms with Gasteiger partial charge in [-0.1, -0.05) is 17.7 Å². The van der Waals surface area contributed by atoms with Gasteiger partial charge in [-0.15, -0.1) is 0 Å². The molecule has 0 saturated heterocycles. The second kappa shape index (κ2) is 10.9. The maximum Gasteiger partial charge on any atom is 0.407 e. The Kier molecular flexibility index (Phi) is 7.50. The minimum Gasteiger partial charge on any atom is -0.444 e. The van der Waals surface area contributed by atoms with Gasteiger partial charge >= 0.3 is 6.09 Å². The van der Waals surface area contributed by atoms with Gasteiger partial charge in [-0.25, -0.2) is 23.5 Å². The highest BCUT2D eigenvalue weighted by Gasteiger charge is 2.25. The highest BCUT2D eigenvalue weighted by Crippen LogP contribution is 2.32. The van der Waals surface area contributed by atoms with Gasteiger partial charge in [-0.2, -0.15) is 0 Å². The number of nitrogens with one attached hydrogen (secondary N) is 3. The summed E-state index contributed by atoms with van der Waals surface area (Å²) in [6, 6.07) is 7.31. The zero-order valence-corrected chi connectivity index (χ0v) is 23.0. The number of aromatic nitrogens is 3. The number of amides is 2. The van der Waals surface area contributed by atoms with Crippen molar-refractivity contribution in [3.8, 4) is 11.3 Å². The third kappa shape index (κ3) is 6.09. The number of rotatable bonds is 8.